The Balaban J connectivity index is 2.16. The molecule has 1 amide bonds. The third kappa shape index (κ3) is 3.79. The van der Waals surface area contributed by atoms with Crippen molar-refractivity contribution in [2.45, 2.75) is 19.4 Å². The number of hydrogen-bond donors (Lipinski definition) is 2. The molecule has 21 heavy (non-hydrogen) atoms. The van der Waals surface area contributed by atoms with Gasteiger partial charge in [0.2, 0.25) is 0 Å². The van der Waals surface area contributed by atoms with E-state index in [0.717, 1.165) is 4.70 Å². The molecule has 1 heterocycles. The molecule has 0 radical (unpaired) electrons. The molecule has 0 aliphatic rings. The van der Waals surface area contributed by atoms with E-state index in [-0.39, 0.29) is 17.8 Å². The summed E-state index contributed by atoms with van der Waals surface area (Å²) in [5.41, 5.74) is 6.24. The maximum Gasteiger partial charge on any atom is 0.263 e. The Bertz CT molecular complexity index is 700. The van der Waals surface area contributed by atoms with Gasteiger partial charge < -0.3 is 11.1 Å². The Kier molecular flexibility index (Phi) is 4.95. The maximum absolute atomic E-state index is 13.2. The van der Waals surface area contributed by atoms with Crippen LogP contribution in [0, 0.1) is 5.82 Å². The zero-order valence-corrected chi connectivity index (χ0v) is 13.4. The van der Waals surface area contributed by atoms with Crippen LogP contribution in [-0.4, -0.2) is 28.2 Å². The zero-order chi connectivity index (χ0) is 15.6. The average molecular weight is 328 g/mol. The molecule has 3 N–H and O–H groups in total. The van der Waals surface area contributed by atoms with Gasteiger partial charge in [0, 0.05) is 38.9 Å². The molecule has 0 saturated heterocycles. The molecular formula is C14H17FN2O2S2. The number of nitrogens with two attached hydrogens (primary N) is 1. The van der Waals surface area contributed by atoms with Gasteiger partial charge in [0.1, 0.15) is 10.7 Å². The maximum atomic E-state index is 13.2. The van der Waals surface area contributed by atoms with Gasteiger partial charge in [-0.1, -0.05) is 0 Å². The number of rotatable bonds is 5. The number of thiophene rings is 1. The number of carbonyl (C=O) groups is 1. The molecule has 7 heteroatoms. The van der Waals surface area contributed by atoms with Crippen LogP contribution in [0.5, 0.6) is 0 Å². The van der Waals surface area contributed by atoms with E-state index in [0.29, 0.717) is 28.1 Å². The summed E-state index contributed by atoms with van der Waals surface area (Å²) in [6.45, 7) is 1.86. The van der Waals surface area contributed by atoms with Crippen molar-refractivity contribution >= 4 is 43.8 Å². The van der Waals surface area contributed by atoms with Gasteiger partial charge in [0.25, 0.3) is 5.91 Å². The van der Waals surface area contributed by atoms with Gasteiger partial charge >= 0.3 is 0 Å². The smallest absolute Gasteiger partial charge is 0.263 e. The molecule has 0 spiro atoms. The second-order valence-corrected chi connectivity index (χ2v) is 7.53. The Morgan fingerprint density at radius 1 is 1.52 bits per heavy atom. The van der Waals surface area contributed by atoms with Crippen molar-refractivity contribution in [3.8, 4) is 0 Å². The lowest BCUT2D eigenvalue weighted by Crippen LogP contribution is -2.33. The van der Waals surface area contributed by atoms with E-state index in [1.165, 1.54) is 23.5 Å². The highest BCUT2D eigenvalue weighted by atomic mass is 32.2. The van der Waals surface area contributed by atoms with Crippen molar-refractivity contribution in [2.75, 3.05) is 17.7 Å². The minimum absolute atomic E-state index is 0.0947. The molecular weight excluding hydrogens is 311 g/mol. The summed E-state index contributed by atoms with van der Waals surface area (Å²) in [5.74, 6) is -0.115. The first-order valence-electron chi connectivity index (χ1n) is 6.47. The van der Waals surface area contributed by atoms with Crippen LogP contribution in [0.3, 0.4) is 0 Å². The van der Waals surface area contributed by atoms with Crippen LogP contribution in [0.2, 0.25) is 0 Å². The predicted octanol–water partition coefficient (Wildman–Crippen LogP) is 2.51. The highest BCUT2D eigenvalue weighted by Gasteiger charge is 2.18. The first-order chi connectivity index (χ1) is 9.88. The molecule has 2 aromatic rings. The Morgan fingerprint density at radius 3 is 2.90 bits per heavy atom. The zero-order valence-electron chi connectivity index (χ0n) is 11.8. The molecule has 0 saturated carbocycles. The quantitative estimate of drug-likeness (QED) is 0.886. The molecule has 0 fully saturated rings. The lowest BCUT2D eigenvalue weighted by molar-refractivity contribution is 0.0944. The summed E-state index contributed by atoms with van der Waals surface area (Å²) in [7, 11) is -0.880. The Labute approximate surface area is 129 Å². The number of nitrogen functional groups attached to an aromatic ring is 1. The van der Waals surface area contributed by atoms with Crippen LogP contribution < -0.4 is 11.1 Å². The third-order valence-corrected chi connectivity index (χ3v) is 5.11. The van der Waals surface area contributed by atoms with Gasteiger partial charge in [-0.15, -0.1) is 11.3 Å². The van der Waals surface area contributed by atoms with Crippen molar-refractivity contribution in [2.24, 2.45) is 0 Å². The minimum atomic E-state index is -0.880. The number of benzene rings is 1. The molecule has 114 valence electrons. The second kappa shape index (κ2) is 6.53. The van der Waals surface area contributed by atoms with Crippen molar-refractivity contribution in [1.82, 2.24) is 5.32 Å². The van der Waals surface area contributed by atoms with Crippen LogP contribution in [0.25, 0.3) is 10.1 Å². The van der Waals surface area contributed by atoms with E-state index in [2.05, 4.69) is 5.32 Å². The summed E-state index contributed by atoms with van der Waals surface area (Å²) in [6, 6.07) is 4.20. The highest BCUT2D eigenvalue weighted by molar-refractivity contribution is 7.84. The van der Waals surface area contributed by atoms with Crippen molar-refractivity contribution in [1.29, 1.82) is 0 Å². The molecule has 2 rings (SSSR count). The fourth-order valence-corrected chi connectivity index (χ4v) is 3.65. The van der Waals surface area contributed by atoms with Crippen LogP contribution in [0.15, 0.2) is 18.2 Å². The molecule has 0 bridgehead atoms. The van der Waals surface area contributed by atoms with Crippen molar-refractivity contribution in [3.63, 3.8) is 0 Å². The van der Waals surface area contributed by atoms with Gasteiger partial charge in [-0.2, -0.15) is 0 Å². The first kappa shape index (κ1) is 15.9. The molecule has 2 unspecified atom stereocenters. The van der Waals surface area contributed by atoms with E-state index in [1.54, 1.807) is 12.3 Å². The summed E-state index contributed by atoms with van der Waals surface area (Å²) < 4.78 is 25.1. The normalized spacial score (nSPS) is 14.0. The fourth-order valence-electron chi connectivity index (χ4n) is 1.96. The summed E-state index contributed by atoms with van der Waals surface area (Å²) in [6.07, 6.45) is 2.27. The van der Waals surface area contributed by atoms with E-state index in [9.17, 15) is 13.4 Å². The predicted molar refractivity (Wildman–Crippen MR) is 86.7 cm³/mol. The lowest BCUT2D eigenvalue weighted by Gasteiger charge is -2.12. The van der Waals surface area contributed by atoms with E-state index in [1.807, 2.05) is 6.92 Å². The van der Waals surface area contributed by atoms with Crippen LogP contribution in [0.1, 0.15) is 23.0 Å². The van der Waals surface area contributed by atoms with Crippen LogP contribution in [0.4, 0.5) is 10.1 Å². The first-order valence-corrected chi connectivity index (χ1v) is 9.01. The minimum Gasteiger partial charge on any atom is -0.397 e. The molecule has 0 aliphatic carbocycles. The fraction of sp³-hybridized carbons (Fsp3) is 0.357. The summed E-state index contributed by atoms with van der Waals surface area (Å²) in [5, 5.41) is 3.39. The Hall–Kier alpha value is -1.47. The second-order valence-electron chi connectivity index (χ2n) is 4.93. The number of anilines is 1. The highest BCUT2D eigenvalue weighted by Crippen LogP contribution is 2.34. The number of hydrogen-bond acceptors (Lipinski definition) is 4. The topological polar surface area (TPSA) is 72.2 Å². The van der Waals surface area contributed by atoms with Crippen LogP contribution in [-0.2, 0) is 10.8 Å². The van der Waals surface area contributed by atoms with E-state index >= 15 is 0 Å². The van der Waals surface area contributed by atoms with Gasteiger partial charge in [0.15, 0.2) is 0 Å². The SMILES string of the molecule is CC(CCS(C)=O)NC(=O)c1sc2ccc(F)cc2c1N. The van der Waals surface area contributed by atoms with E-state index in [4.69, 9.17) is 5.73 Å². The molecule has 1 aromatic carbocycles. The average Bonchev–Trinajstić information content (AvgIpc) is 2.74. The standard InChI is InChI=1S/C14H17FN2O2S2/c1-8(5-6-21(2)19)17-14(18)13-12(16)10-7-9(15)3-4-11(10)20-13/h3-4,7-8H,5-6,16H2,1-2H3,(H,17,18). The molecule has 0 aliphatic heterocycles. The summed E-state index contributed by atoms with van der Waals surface area (Å²) >= 11 is 1.24. The molecule has 4 nitrogen and oxygen atoms in total. The molecule has 2 atom stereocenters. The monoisotopic (exact) mass is 328 g/mol. The third-order valence-electron chi connectivity index (χ3n) is 3.11. The Morgan fingerprint density at radius 2 is 2.24 bits per heavy atom. The number of fused-ring (bicyclic) bond motifs is 1. The number of nitrogens with one attached hydrogen (secondary N) is 1. The van der Waals surface area contributed by atoms with Gasteiger partial charge in [-0.3, -0.25) is 9.00 Å². The van der Waals surface area contributed by atoms with Gasteiger partial charge in [-0.25, -0.2) is 4.39 Å². The summed E-state index contributed by atoms with van der Waals surface area (Å²) in [4.78, 5) is 12.6. The molecule has 1 aromatic heterocycles. The van der Waals surface area contributed by atoms with Crippen molar-refractivity contribution in [3.05, 3.63) is 28.9 Å². The number of halogens is 1. The van der Waals surface area contributed by atoms with Crippen LogP contribution >= 0.6 is 11.3 Å². The van der Waals surface area contributed by atoms with Gasteiger partial charge in [0.05, 0.1) is 5.69 Å². The number of amides is 1. The number of carbonyl (C=O) groups excluding carboxylic acids is 1. The van der Waals surface area contributed by atoms with Crippen molar-refractivity contribution < 1.29 is 13.4 Å². The lowest BCUT2D eigenvalue weighted by atomic mass is 10.2. The van der Waals surface area contributed by atoms with Gasteiger partial charge in [-0.05, 0) is 31.5 Å². The van der Waals surface area contributed by atoms with E-state index < -0.39 is 10.8 Å². The largest absolute Gasteiger partial charge is 0.397 e.